The zero-order valence-corrected chi connectivity index (χ0v) is 14.4. The molecule has 27 heavy (non-hydrogen) atoms. The molecular formula is C18H12ClF2N5O. The number of rotatable bonds is 4. The number of benzene rings is 1. The highest BCUT2D eigenvalue weighted by atomic mass is 35.5. The number of aromatic nitrogens is 4. The molecule has 0 atom stereocenters. The second-order valence-corrected chi connectivity index (χ2v) is 6.14. The fraction of sp³-hybridized carbons (Fsp3) is 0.0556. The molecule has 4 rings (SSSR count). The van der Waals surface area contributed by atoms with Crippen LogP contribution >= 0.6 is 11.6 Å². The largest absolute Gasteiger partial charge is 0.339 e. The molecule has 136 valence electrons. The van der Waals surface area contributed by atoms with E-state index in [1.807, 2.05) is 36.4 Å². The number of hydrogen-bond donors (Lipinski definition) is 3. The van der Waals surface area contributed by atoms with E-state index in [0.29, 0.717) is 11.3 Å². The molecule has 0 spiro atoms. The van der Waals surface area contributed by atoms with Gasteiger partial charge in [-0.1, -0.05) is 41.9 Å². The minimum Gasteiger partial charge on any atom is -0.339 e. The number of H-pyrrole nitrogens is 2. The number of fused-ring (bicyclic) bond motifs is 1. The van der Waals surface area contributed by atoms with Crippen LogP contribution in [0.25, 0.3) is 22.3 Å². The summed E-state index contributed by atoms with van der Waals surface area (Å²) in [6.45, 7) is 0. The molecule has 0 aliphatic carbocycles. The summed E-state index contributed by atoms with van der Waals surface area (Å²) in [5.41, 5.74) is 2.05. The Kier molecular flexibility index (Phi) is 4.33. The SMILES string of the molecule is O=C(Nc1cnc2[nH]c(-c3ccccc3)cc2c1)c1n[nH]c(C(F)F)c1Cl. The van der Waals surface area contributed by atoms with Crippen molar-refractivity contribution in [2.24, 2.45) is 0 Å². The lowest BCUT2D eigenvalue weighted by atomic mass is 10.1. The number of pyridine rings is 1. The molecule has 0 saturated heterocycles. The summed E-state index contributed by atoms with van der Waals surface area (Å²) >= 11 is 5.79. The fourth-order valence-corrected chi connectivity index (χ4v) is 2.94. The Balaban J connectivity index is 1.60. The normalized spacial score (nSPS) is 11.3. The Hall–Kier alpha value is -3.26. The van der Waals surface area contributed by atoms with Crippen molar-refractivity contribution >= 4 is 34.2 Å². The number of anilines is 1. The maximum absolute atomic E-state index is 12.7. The Morgan fingerprint density at radius 3 is 2.67 bits per heavy atom. The lowest BCUT2D eigenvalue weighted by Crippen LogP contribution is -2.13. The quantitative estimate of drug-likeness (QED) is 0.470. The fourth-order valence-electron chi connectivity index (χ4n) is 2.68. The third kappa shape index (κ3) is 3.26. The number of alkyl halides is 2. The van der Waals surface area contributed by atoms with Crippen molar-refractivity contribution in [2.45, 2.75) is 6.43 Å². The summed E-state index contributed by atoms with van der Waals surface area (Å²) < 4.78 is 25.5. The predicted molar refractivity (Wildman–Crippen MR) is 98.0 cm³/mol. The molecule has 3 aromatic heterocycles. The maximum atomic E-state index is 12.7. The Morgan fingerprint density at radius 1 is 1.19 bits per heavy atom. The van der Waals surface area contributed by atoms with E-state index in [2.05, 4.69) is 25.5 Å². The van der Waals surface area contributed by atoms with E-state index in [0.717, 1.165) is 16.6 Å². The van der Waals surface area contributed by atoms with Crippen LogP contribution in [0.5, 0.6) is 0 Å². The van der Waals surface area contributed by atoms with Crippen LogP contribution in [0.15, 0.2) is 48.7 Å². The van der Waals surface area contributed by atoms with E-state index in [9.17, 15) is 13.6 Å². The summed E-state index contributed by atoms with van der Waals surface area (Å²) in [5, 5.41) is 8.59. The molecule has 0 bridgehead atoms. The number of hydrogen-bond acceptors (Lipinski definition) is 3. The second kappa shape index (κ2) is 6.81. The molecule has 9 heteroatoms. The van der Waals surface area contributed by atoms with E-state index in [4.69, 9.17) is 11.6 Å². The number of amides is 1. The summed E-state index contributed by atoms with van der Waals surface area (Å²) in [6.07, 6.45) is -1.39. The van der Waals surface area contributed by atoms with Crippen LogP contribution < -0.4 is 5.32 Å². The molecular weight excluding hydrogens is 376 g/mol. The summed E-state index contributed by atoms with van der Waals surface area (Å²) in [7, 11) is 0. The molecule has 0 radical (unpaired) electrons. The van der Waals surface area contributed by atoms with Crippen molar-refractivity contribution in [1.82, 2.24) is 20.2 Å². The molecule has 0 unspecified atom stereocenters. The van der Waals surface area contributed by atoms with Crippen LogP contribution in [0.2, 0.25) is 5.02 Å². The van der Waals surface area contributed by atoms with Crippen LogP contribution in [0, 0.1) is 0 Å². The highest BCUT2D eigenvalue weighted by molar-refractivity contribution is 6.34. The standard InChI is InChI=1S/C18H12ClF2N5O/c19-13-14(16(20)21)25-26-15(13)18(27)23-11-6-10-7-12(24-17(10)22-8-11)9-4-2-1-3-5-9/h1-8,16H,(H,22,24)(H,23,27)(H,25,26). The minimum atomic E-state index is -2.85. The number of nitrogens with zero attached hydrogens (tertiary/aromatic N) is 2. The predicted octanol–water partition coefficient (Wildman–Crippen LogP) is 4.80. The van der Waals surface area contributed by atoms with Crippen LogP contribution in [-0.4, -0.2) is 26.1 Å². The van der Waals surface area contributed by atoms with Gasteiger partial charge in [-0.3, -0.25) is 9.89 Å². The van der Waals surface area contributed by atoms with Crippen molar-refractivity contribution in [3.8, 4) is 11.3 Å². The lowest BCUT2D eigenvalue weighted by molar-refractivity contribution is 0.102. The van der Waals surface area contributed by atoms with Gasteiger partial charge in [-0.25, -0.2) is 13.8 Å². The monoisotopic (exact) mass is 387 g/mol. The van der Waals surface area contributed by atoms with Gasteiger partial charge in [0.2, 0.25) is 0 Å². The molecule has 0 aliphatic rings. The highest BCUT2D eigenvalue weighted by Crippen LogP contribution is 2.28. The molecule has 1 aromatic carbocycles. The van der Waals surface area contributed by atoms with Gasteiger partial charge >= 0.3 is 0 Å². The van der Waals surface area contributed by atoms with Gasteiger partial charge in [0.25, 0.3) is 12.3 Å². The molecule has 0 aliphatic heterocycles. The second-order valence-electron chi connectivity index (χ2n) is 5.77. The number of nitrogens with one attached hydrogen (secondary N) is 3. The van der Waals surface area contributed by atoms with E-state index < -0.39 is 23.0 Å². The zero-order valence-electron chi connectivity index (χ0n) is 13.6. The number of aromatic amines is 2. The lowest BCUT2D eigenvalue weighted by Gasteiger charge is -2.03. The third-order valence-electron chi connectivity index (χ3n) is 3.98. The first-order valence-corrected chi connectivity index (χ1v) is 8.28. The number of halogens is 3. The molecule has 3 heterocycles. The van der Waals surface area contributed by atoms with E-state index in [1.54, 1.807) is 6.07 Å². The average Bonchev–Trinajstić information content (AvgIpc) is 3.25. The first-order valence-electron chi connectivity index (χ1n) is 7.90. The molecule has 0 fully saturated rings. The van der Waals surface area contributed by atoms with Crippen LogP contribution in [-0.2, 0) is 0 Å². The van der Waals surface area contributed by atoms with Gasteiger partial charge in [0.05, 0.1) is 11.9 Å². The van der Waals surface area contributed by atoms with E-state index >= 15 is 0 Å². The van der Waals surface area contributed by atoms with Gasteiger partial charge in [-0.2, -0.15) is 5.10 Å². The van der Waals surface area contributed by atoms with Crippen LogP contribution in [0.3, 0.4) is 0 Å². The molecule has 4 aromatic rings. The van der Waals surface area contributed by atoms with Crippen molar-refractivity contribution in [1.29, 1.82) is 0 Å². The molecule has 3 N–H and O–H groups in total. The van der Waals surface area contributed by atoms with Gasteiger partial charge in [0, 0.05) is 11.1 Å². The number of carbonyl (C=O) groups is 1. The summed E-state index contributed by atoms with van der Waals surface area (Å²) in [4.78, 5) is 19.8. The van der Waals surface area contributed by atoms with Gasteiger partial charge in [-0.15, -0.1) is 0 Å². The van der Waals surface area contributed by atoms with Crippen molar-refractivity contribution in [3.05, 3.63) is 65.1 Å². The average molecular weight is 388 g/mol. The maximum Gasteiger partial charge on any atom is 0.281 e. The minimum absolute atomic E-state index is 0.300. The van der Waals surface area contributed by atoms with Crippen molar-refractivity contribution in [2.75, 3.05) is 5.32 Å². The first kappa shape index (κ1) is 17.2. The first-order chi connectivity index (χ1) is 13.0. The summed E-state index contributed by atoms with van der Waals surface area (Å²) in [6, 6.07) is 13.3. The van der Waals surface area contributed by atoms with Crippen LogP contribution in [0.4, 0.5) is 14.5 Å². The van der Waals surface area contributed by atoms with Crippen molar-refractivity contribution < 1.29 is 13.6 Å². The molecule has 0 saturated carbocycles. The van der Waals surface area contributed by atoms with Gasteiger partial charge < -0.3 is 10.3 Å². The zero-order chi connectivity index (χ0) is 19.0. The smallest absolute Gasteiger partial charge is 0.281 e. The highest BCUT2D eigenvalue weighted by Gasteiger charge is 2.23. The summed E-state index contributed by atoms with van der Waals surface area (Å²) in [5.74, 6) is -0.705. The van der Waals surface area contributed by atoms with E-state index in [1.165, 1.54) is 6.20 Å². The third-order valence-corrected chi connectivity index (χ3v) is 4.36. The molecule has 6 nitrogen and oxygen atoms in total. The molecule has 1 amide bonds. The van der Waals surface area contributed by atoms with Gasteiger partial charge in [-0.05, 0) is 17.7 Å². The van der Waals surface area contributed by atoms with Gasteiger partial charge in [0.15, 0.2) is 5.69 Å². The Bertz CT molecular complexity index is 1120. The van der Waals surface area contributed by atoms with E-state index in [-0.39, 0.29) is 5.69 Å². The van der Waals surface area contributed by atoms with Gasteiger partial charge in [0.1, 0.15) is 16.4 Å². The van der Waals surface area contributed by atoms with Crippen molar-refractivity contribution in [3.63, 3.8) is 0 Å². The topological polar surface area (TPSA) is 86.5 Å². The Labute approximate surface area is 156 Å². The Morgan fingerprint density at radius 2 is 1.96 bits per heavy atom. The van der Waals surface area contributed by atoms with Crippen LogP contribution in [0.1, 0.15) is 22.6 Å². The number of carbonyl (C=O) groups excluding carboxylic acids is 1.